The Bertz CT molecular complexity index is 1170. The number of nitrogens with one attached hydrogen (secondary N) is 1. The van der Waals surface area contributed by atoms with Gasteiger partial charge in [-0.1, -0.05) is 44.0 Å². The van der Waals surface area contributed by atoms with Crippen molar-refractivity contribution in [1.82, 2.24) is 24.0 Å². The van der Waals surface area contributed by atoms with E-state index in [0.29, 0.717) is 17.7 Å². The molecule has 2 aromatic heterocycles. The van der Waals surface area contributed by atoms with Crippen LogP contribution >= 0.6 is 0 Å². The Labute approximate surface area is 182 Å². The van der Waals surface area contributed by atoms with Crippen LogP contribution in [-0.2, 0) is 13.6 Å². The number of imidazole rings is 1. The number of rotatable bonds is 7. The second kappa shape index (κ2) is 9.09. The van der Waals surface area contributed by atoms with Gasteiger partial charge in [-0.3, -0.25) is 23.8 Å². The number of fused-ring (bicyclic) bond motifs is 1. The highest BCUT2D eigenvalue weighted by molar-refractivity contribution is 5.74. The first kappa shape index (κ1) is 21.4. The summed E-state index contributed by atoms with van der Waals surface area (Å²) in [6.07, 6.45) is 3.74. The Kier molecular flexibility index (Phi) is 6.27. The van der Waals surface area contributed by atoms with E-state index < -0.39 is 5.69 Å². The summed E-state index contributed by atoms with van der Waals surface area (Å²) >= 11 is 0. The first-order chi connectivity index (χ1) is 15.0. The molecule has 1 saturated heterocycles. The fraction of sp³-hybridized carbons (Fsp3) is 0.522. The maximum Gasteiger partial charge on any atom is 0.329 e. The molecular weight excluding hydrogens is 392 g/mol. The Morgan fingerprint density at radius 2 is 1.81 bits per heavy atom. The molecule has 0 amide bonds. The average molecular weight is 425 g/mol. The fourth-order valence-corrected chi connectivity index (χ4v) is 4.33. The van der Waals surface area contributed by atoms with E-state index in [1.54, 1.807) is 7.05 Å². The van der Waals surface area contributed by atoms with E-state index in [1.165, 1.54) is 23.8 Å². The lowest BCUT2D eigenvalue weighted by Gasteiger charge is -2.35. The molecular formula is C23H32N6O2. The molecule has 0 spiro atoms. The molecule has 1 N–H and O–H groups in total. The molecule has 0 aliphatic carbocycles. The number of benzene rings is 1. The molecule has 8 heteroatoms. The molecule has 8 nitrogen and oxygen atoms in total. The average Bonchev–Trinajstić information content (AvgIpc) is 3.14. The molecule has 1 fully saturated rings. The standard InChI is InChI=1S/C23H32N6O2/c1-4-5-8-11-27-12-14-28(15-13-27)22-24-20-19(21(30)25-23(31)26(20)3)29(22)16-18-10-7-6-9-17(18)2/h6-7,9-10H,4-5,8,11-16H2,1-3H3,(H,25,30,31). The predicted octanol–water partition coefficient (Wildman–Crippen LogP) is 2.09. The van der Waals surface area contributed by atoms with Crippen molar-refractivity contribution in [2.24, 2.45) is 7.05 Å². The van der Waals surface area contributed by atoms with E-state index in [1.807, 2.05) is 16.7 Å². The zero-order chi connectivity index (χ0) is 22.0. The number of piperazine rings is 1. The summed E-state index contributed by atoms with van der Waals surface area (Å²) in [4.78, 5) is 36.9. The lowest BCUT2D eigenvalue weighted by Crippen LogP contribution is -2.47. The lowest BCUT2D eigenvalue weighted by atomic mass is 10.1. The molecule has 0 radical (unpaired) electrons. The monoisotopic (exact) mass is 424 g/mol. The number of hydrogen-bond acceptors (Lipinski definition) is 5. The van der Waals surface area contributed by atoms with Gasteiger partial charge in [0.05, 0.1) is 6.54 Å². The maximum atomic E-state index is 12.8. The van der Waals surface area contributed by atoms with Crippen LogP contribution in [0.5, 0.6) is 0 Å². The van der Waals surface area contributed by atoms with Gasteiger partial charge in [0, 0.05) is 33.2 Å². The normalized spacial score (nSPS) is 15.1. The summed E-state index contributed by atoms with van der Waals surface area (Å²) in [5.41, 5.74) is 2.36. The molecule has 0 saturated carbocycles. The summed E-state index contributed by atoms with van der Waals surface area (Å²) in [6, 6.07) is 8.17. The lowest BCUT2D eigenvalue weighted by molar-refractivity contribution is 0.251. The Balaban J connectivity index is 1.70. The minimum absolute atomic E-state index is 0.386. The number of aryl methyl sites for hydroxylation is 2. The predicted molar refractivity (Wildman–Crippen MR) is 124 cm³/mol. The Morgan fingerprint density at radius 1 is 1.06 bits per heavy atom. The van der Waals surface area contributed by atoms with Crippen molar-refractivity contribution in [1.29, 1.82) is 0 Å². The third-order valence-corrected chi connectivity index (χ3v) is 6.31. The van der Waals surface area contributed by atoms with Crippen molar-refractivity contribution in [3.8, 4) is 0 Å². The molecule has 31 heavy (non-hydrogen) atoms. The van der Waals surface area contributed by atoms with Gasteiger partial charge in [0.15, 0.2) is 11.2 Å². The van der Waals surface area contributed by atoms with Gasteiger partial charge >= 0.3 is 5.69 Å². The van der Waals surface area contributed by atoms with Crippen molar-refractivity contribution in [3.05, 3.63) is 56.2 Å². The number of unbranched alkanes of at least 4 members (excludes halogenated alkanes) is 2. The van der Waals surface area contributed by atoms with Crippen LogP contribution in [0.3, 0.4) is 0 Å². The first-order valence-corrected chi connectivity index (χ1v) is 11.2. The minimum atomic E-state index is -0.440. The van der Waals surface area contributed by atoms with Crippen molar-refractivity contribution >= 4 is 17.1 Å². The third kappa shape index (κ3) is 4.30. The number of hydrogen-bond donors (Lipinski definition) is 1. The van der Waals surface area contributed by atoms with E-state index in [9.17, 15) is 9.59 Å². The van der Waals surface area contributed by atoms with Crippen LogP contribution in [0.4, 0.5) is 5.95 Å². The van der Waals surface area contributed by atoms with E-state index in [2.05, 4.69) is 40.8 Å². The minimum Gasteiger partial charge on any atom is -0.340 e. The van der Waals surface area contributed by atoms with Gasteiger partial charge in [0.2, 0.25) is 5.95 Å². The molecule has 0 atom stereocenters. The van der Waals surface area contributed by atoms with Gasteiger partial charge in [-0.15, -0.1) is 0 Å². The van der Waals surface area contributed by atoms with Crippen LogP contribution in [0.1, 0.15) is 37.3 Å². The SMILES string of the molecule is CCCCCN1CCN(c2nc3c(c(=O)[nH]c(=O)n3C)n2Cc2ccccc2C)CC1. The van der Waals surface area contributed by atoms with Crippen LogP contribution in [0.2, 0.25) is 0 Å². The van der Waals surface area contributed by atoms with E-state index in [0.717, 1.165) is 49.8 Å². The number of H-pyrrole nitrogens is 1. The number of aromatic amines is 1. The van der Waals surface area contributed by atoms with Crippen molar-refractivity contribution < 1.29 is 0 Å². The maximum absolute atomic E-state index is 12.8. The van der Waals surface area contributed by atoms with Gasteiger partial charge in [0.25, 0.3) is 5.56 Å². The molecule has 3 heterocycles. The van der Waals surface area contributed by atoms with Crippen LogP contribution in [-0.4, -0.2) is 56.7 Å². The van der Waals surface area contributed by atoms with Crippen molar-refractivity contribution in [2.75, 3.05) is 37.6 Å². The highest BCUT2D eigenvalue weighted by Gasteiger charge is 2.25. The molecule has 166 valence electrons. The van der Waals surface area contributed by atoms with Gasteiger partial charge in [-0.05, 0) is 31.0 Å². The molecule has 1 aliphatic heterocycles. The zero-order valence-corrected chi connectivity index (χ0v) is 18.7. The summed E-state index contributed by atoms with van der Waals surface area (Å²) in [5.74, 6) is 0.762. The topological polar surface area (TPSA) is 79.2 Å². The number of anilines is 1. The summed E-state index contributed by atoms with van der Waals surface area (Å²) < 4.78 is 3.40. The Morgan fingerprint density at radius 3 is 2.52 bits per heavy atom. The highest BCUT2D eigenvalue weighted by Crippen LogP contribution is 2.23. The molecule has 4 rings (SSSR count). The Hall–Kier alpha value is -2.87. The van der Waals surface area contributed by atoms with Gasteiger partial charge < -0.3 is 4.90 Å². The van der Waals surface area contributed by atoms with Crippen molar-refractivity contribution in [3.63, 3.8) is 0 Å². The van der Waals surface area contributed by atoms with Crippen molar-refractivity contribution in [2.45, 2.75) is 39.7 Å². The quantitative estimate of drug-likeness (QED) is 0.588. The third-order valence-electron chi connectivity index (χ3n) is 6.31. The van der Waals surface area contributed by atoms with E-state index in [4.69, 9.17) is 4.98 Å². The smallest absolute Gasteiger partial charge is 0.329 e. The van der Waals surface area contributed by atoms with Crippen LogP contribution < -0.4 is 16.1 Å². The largest absolute Gasteiger partial charge is 0.340 e. The summed E-state index contributed by atoms with van der Waals surface area (Å²) in [6.45, 7) is 9.64. The molecule has 1 aromatic carbocycles. The first-order valence-electron chi connectivity index (χ1n) is 11.2. The van der Waals surface area contributed by atoms with Gasteiger partial charge in [0.1, 0.15) is 0 Å². The zero-order valence-electron chi connectivity index (χ0n) is 18.7. The number of nitrogens with zero attached hydrogens (tertiary/aromatic N) is 5. The van der Waals surface area contributed by atoms with Crippen LogP contribution in [0, 0.1) is 6.92 Å². The summed E-state index contributed by atoms with van der Waals surface area (Å²) in [7, 11) is 1.65. The molecule has 0 unspecified atom stereocenters. The molecule has 1 aliphatic rings. The van der Waals surface area contributed by atoms with E-state index in [-0.39, 0.29) is 5.56 Å². The van der Waals surface area contributed by atoms with Crippen LogP contribution in [0.15, 0.2) is 33.9 Å². The highest BCUT2D eigenvalue weighted by atomic mass is 16.2. The fourth-order valence-electron chi connectivity index (χ4n) is 4.33. The van der Waals surface area contributed by atoms with Gasteiger partial charge in [-0.2, -0.15) is 4.98 Å². The second-order valence-corrected chi connectivity index (χ2v) is 8.45. The van der Waals surface area contributed by atoms with Gasteiger partial charge in [-0.25, -0.2) is 4.79 Å². The molecule has 3 aromatic rings. The summed E-state index contributed by atoms with van der Waals surface area (Å²) in [5, 5.41) is 0. The number of aromatic nitrogens is 4. The molecule has 0 bridgehead atoms. The van der Waals surface area contributed by atoms with E-state index >= 15 is 0 Å². The second-order valence-electron chi connectivity index (χ2n) is 8.45. The van der Waals surface area contributed by atoms with Crippen LogP contribution in [0.25, 0.3) is 11.2 Å².